The largest absolute Gasteiger partial charge is 0.449 e. The molecule has 1 aromatic heterocycles. The SMILES string of the molecule is CC(c1cncc(-c2ccc(F)c(C(F)F)c2)c1)N1CCCOC1=O. The molecule has 1 atom stereocenters. The van der Waals surface area contributed by atoms with E-state index in [1.54, 1.807) is 17.2 Å². The van der Waals surface area contributed by atoms with Crippen LogP contribution >= 0.6 is 0 Å². The molecule has 0 N–H and O–H groups in total. The van der Waals surface area contributed by atoms with Crippen LogP contribution in [-0.4, -0.2) is 29.1 Å². The zero-order valence-corrected chi connectivity index (χ0v) is 13.6. The Hall–Kier alpha value is -2.57. The van der Waals surface area contributed by atoms with Crippen molar-refractivity contribution in [3.8, 4) is 11.1 Å². The summed E-state index contributed by atoms with van der Waals surface area (Å²) in [6.07, 6.45) is 0.615. The molecule has 1 saturated heterocycles. The highest BCUT2D eigenvalue weighted by atomic mass is 19.3. The molecule has 1 unspecified atom stereocenters. The van der Waals surface area contributed by atoms with Crippen molar-refractivity contribution < 1.29 is 22.7 Å². The van der Waals surface area contributed by atoms with Crippen LogP contribution in [0.2, 0.25) is 0 Å². The van der Waals surface area contributed by atoms with Gasteiger partial charge in [-0.3, -0.25) is 4.98 Å². The zero-order valence-electron chi connectivity index (χ0n) is 13.6. The van der Waals surface area contributed by atoms with Gasteiger partial charge in [-0.2, -0.15) is 0 Å². The molecule has 0 aliphatic carbocycles. The lowest BCUT2D eigenvalue weighted by Gasteiger charge is -2.32. The first kappa shape index (κ1) is 17.3. The van der Waals surface area contributed by atoms with Crippen LogP contribution in [0.5, 0.6) is 0 Å². The second-order valence-corrected chi connectivity index (χ2v) is 5.88. The van der Waals surface area contributed by atoms with Crippen LogP contribution in [0.4, 0.5) is 18.0 Å². The van der Waals surface area contributed by atoms with Gasteiger partial charge >= 0.3 is 6.09 Å². The fraction of sp³-hybridized carbons (Fsp3) is 0.333. The van der Waals surface area contributed by atoms with Gasteiger partial charge in [0.15, 0.2) is 0 Å². The number of alkyl halides is 2. The highest BCUT2D eigenvalue weighted by Crippen LogP contribution is 2.30. The first-order chi connectivity index (χ1) is 12.0. The normalized spacial score (nSPS) is 16.0. The lowest BCUT2D eigenvalue weighted by Crippen LogP contribution is -2.39. The number of hydrogen-bond donors (Lipinski definition) is 0. The number of cyclic esters (lactones) is 1. The van der Waals surface area contributed by atoms with Crippen molar-refractivity contribution in [3.63, 3.8) is 0 Å². The maximum absolute atomic E-state index is 13.5. The highest BCUT2D eigenvalue weighted by molar-refractivity contribution is 5.69. The van der Waals surface area contributed by atoms with Crippen LogP contribution < -0.4 is 0 Å². The van der Waals surface area contributed by atoms with Crippen molar-refractivity contribution in [2.45, 2.75) is 25.8 Å². The quantitative estimate of drug-likeness (QED) is 0.801. The van der Waals surface area contributed by atoms with Crippen molar-refractivity contribution in [1.82, 2.24) is 9.88 Å². The van der Waals surface area contributed by atoms with Gasteiger partial charge in [0.25, 0.3) is 6.43 Å². The minimum absolute atomic E-state index is 0.268. The van der Waals surface area contributed by atoms with E-state index in [-0.39, 0.29) is 12.1 Å². The molecule has 1 amide bonds. The summed E-state index contributed by atoms with van der Waals surface area (Å²) in [6, 6.07) is 5.08. The van der Waals surface area contributed by atoms with Gasteiger partial charge in [-0.1, -0.05) is 6.07 Å². The third kappa shape index (κ3) is 3.60. The Morgan fingerprint density at radius 2 is 2.00 bits per heavy atom. The Morgan fingerprint density at radius 3 is 2.72 bits per heavy atom. The molecule has 1 aliphatic heterocycles. The van der Waals surface area contributed by atoms with Crippen LogP contribution in [0, 0.1) is 5.82 Å². The fourth-order valence-electron chi connectivity index (χ4n) is 2.83. The minimum Gasteiger partial charge on any atom is -0.449 e. The van der Waals surface area contributed by atoms with E-state index in [1.165, 1.54) is 12.3 Å². The van der Waals surface area contributed by atoms with E-state index in [4.69, 9.17) is 4.74 Å². The van der Waals surface area contributed by atoms with Crippen molar-refractivity contribution in [3.05, 3.63) is 53.6 Å². The maximum atomic E-state index is 13.5. The molecule has 0 saturated carbocycles. The molecule has 1 aromatic carbocycles. The number of carbonyl (C=O) groups is 1. The number of nitrogens with zero attached hydrogens (tertiary/aromatic N) is 2. The molecule has 132 valence electrons. The Bertz CT molecular complexity index is 783. The molecule has 0 spiro atoms. The van der Waals surface area contributed by atoms with E-state index in [0.29, 0.717) is 24.3 Å². The number of pyridine rings is 1. The molecule has 25 heavy (non-hydrogen) atoms. The van der Waals surface area contributed by atoms with Gasteiger partial charge in [-0.15, -0.1) is 0 Å². The molecule has 2 heterocycles. The molecule has 0 bridgehead atoms. The van der Waals surface area contributed by atoms with Crippen LogP contribution in [-0.2, 0) is 4.74 Å². The molecule has 7 heteroatoms. The molecular weight excluding hydrogens is 333 g/mol. The number of benzene rings is 1. The average molecular weight is 350 g/mol. The number of amides is 1. The summed E-state index contributed by atoms with van der Waals surface area (Å²) in [7, 11) is 0. The van der Waals surface area contributed by atoms with Crippen LogP contribution in [0.1, 0.15) is 36.9 Å². The number of halogens is 3. The van der Waals surface area contributed by atoms with Crippen molar-refractivity contribution >= 4 is 6.09 Å². The Kier molecular flexibility index (Phi) is 4.92. The lowest BCUT2D eigenvalue weighted by molar-refractivity contribution is 0.0580. The predicted molar refractivity (Wildman–Crippen MR) is 85.7 cm³/mol. The van der Waals surface area contributed by atoms with E-state index < -0.39 is 17.8 Å². The van der Waals surface area contributed by atoms with Gasteiger partial charge < -0.3 is 9.64 Å². The first-order valence-electron chi connectivity index (χ1n) is 7.93. The molecular formula is C18H17F3N2O2. The topological polar surface area (TPSA) is 42.4 Å². The van der Waals surface area contributed by atoms with Crippen LogP contribution in [0.15, 0.2) is 36.7 Å². The summed E-state index contributed by atoms with van der Waals surface area (Å²) in [5.41, 5.74) is 1.13. The number of carbonyl (C=O) groups excluding carboxylic acids is 1. The standard InChI is InChI=1S/C18H17F3N2O2/c1-11(23-5-2-6-25-18(23)24)13-7-14(10-22-9-13)12-3-4-16(19)15(8-12)17(20)21/h3-4,7-11,17H,2,5-6H2,1H3. The fourth-order valence-corrected chi connectivity index (χ4v) is 2.83. The Labute approximate surface area is 143 Å². The summed E-state index contributed by atoms with van der Waals surface area (Å²) in [6.45, 7) is 2.84. The smallest absolute Gasteiger partial charge is 0.410 e. The number of hydrogen-bond acceptors (Lipinski definition) is 3. The number of rotatable bonds is 4. The van der Waals surface area contributed by atoms with Gasteiger partial charge in [-0.05, 0) is 42.7 Å². The molecule has 1 fully saturated rings. The zero-order chi connectivity index (χ0) is 18.0. The van der Waals surface area contributed by atoms with Gasteiger partial charge in [0.2, 0.25) is 0 Å². The predicted octanol–water partition coefficient (Wildman–Crippen LogP) is 4.73. The van der Waals surface area contributed by atoms with Gasteiger partial charge in [0.05, 0.1) is 18.2 Å². The van der Waals surface area contributed by atoms with Gasteiger partial charge in [0.1, 0.15) is 5.82 Å². The van der Waals surface area contributed by atoms with Gasteiger partial charge in [0, 0.05) is 24.5 Å². The lowest BCUT2D eigenvalue weighted by atomic mass is 10.0. The van der Waals surface area contributed by atoms with Crippen LogP contribution in [0.25, 0.3) is 11.1 Å². The van der Waals surface area contributed by atoms with E-state index >= 15 is 0 Å². The second-order valence-electron chi connectivity index (χ2n) is 5.88. The second kappa shape index (κ2) is 7.13. The number of aromatic nitrogens is 1. The summed E-state index contributed by atoms with van der Waals surface area (Å²) >= 11 is 0. The van der Waals surface area contributed by atoms with Crippen molar-refractivity contribution in [1.29, 1.82) is 0 Å². The Morgan fingerprint density at radius 1 is 1.20 bits per heavy atom. The third-order valence-electron chi connectivity index (χ3n) is 4.28. The molecule has 3 rings (SSSR count). The van der Waals surface area contributed by atoms with Gasteiger partial charge in [-0.25, -0.2) is 18.0 Å². The highest BCUT2D eigenvalue weighted by Gasteiger charge is 2.26. The summed E-state index contributed by atoms with van der Waals surface area (Å²) in [5.74, 6) is -0.938. The molecule has 2 aromatic rings. The number of ether oxygens (including phenoxy) is 1. The van der Waals surface area contributed by atoms with E-state index in [1.807, 2.05) is 6.92 Å². The third-order valence-corrected chi connectivity index (χ3v) is 4.28. The minimum atomic E-state index is -2.89. The van der Waals surface area contributed by atoms with Crippen LogP contribution in [0.3, 0.4) is 0 Å². The van der Waals surface area contributed by atoms with E-state index in [2.05, 4.69) is 4.98 Å². The summed E-state index contributed by atoms with van der Waals surface area (Å²) in [5, 5.41) is 0. The Balaban J connectivity index is 1.91. The maximum Gasteiger partial charge on any atom is 0.410 e. The average Bonchev–Trinajstić information content (AvgIpc) is 2.62. The first-order valence-corrected chi connectivity index (χ1v) is 7.93. The van der Waals surface area contributed by atoms with E-state index in [0.717, 1.165) is 24.1 Å². The summed E-state index contributed by atoms with van der Waals surface area (Å²) in [4.78, 5) is 17.6. The monoisotopic (exact) mass is 350 g/mol. The summed E-state index contributed by atoms with van der Waals surface area (Å²) < 4.78 is 44.3. The molecule has 4 nitrogen and oxygen atoms in total. The van der Waals surface area contributed by atoms with E-state index in [9.17, 15) is 18.0 Å². The van der Waals surface area contributed by atoms with Crippen molar-refractivity contribution in [2.24, 2.45) is 0 Å². The molecule has 1 aliphatic rings. The van der Waals surface area contributed by atoms with Crippen molar-refractivity contribution in [2.75, 3.05) is 13.2 Å². The molecule has 0 radical (unpaired) electrons.